The number of aryl methyl sites for hydroxylation is 1. The minimum atomic E-state index is -0.0693. The van der Waals surface area contributed by atoms with Gasteiger partial charge in [-0.05, 0) is 37.5 Å². The molecule has 1 unspecified atom stereocenters. The predicted octanol–water partition coefficient (Wildman–Crippen LogP) is 2.68. The van der Waals surface area contributed by atoms with Gasteiger partial charge in [0.05, 0.1) is 5.92 Å². The Morgan fingerprint density at radius 1 is 1.53 bits per heavy atom. The lowest BCUT2D eigenvalue weighted by Gasteiger charge is -2.25. The van der Waals surface area contributed by atoms with Gasteiger partial charge >= 0.3 is 0 Å². The molecule has 1 heterocycles. The van der Waals surface area contributed by atoms with Crippen molar-refractivity contribution in [2.75, 3.05) is 5.32 Å². The predicted molar refractivity (Wildman–Crippen MR) is 61.8 cm³/mol. The van der Waals surface area contributed by atoms with E-state index in [1.165, 1.54) is 11.1 Å². The lowest BCUT2D eigenvalue weighted by Crippen LogP contribution is -2.30. The minimum Gasteiger partial charge on any atom is -0.325 e. The number of anilines is 1. The molecule has 0 fully saturated rings. The second-order valence-electron chi connectivity index (χ2n) is 4.25. The quantitative estimate of drug-likeness (QED) is 0.695. The van der Waals surface area contributed by atoms with Gasteiger partial charge in [-0.25, -0.2) is 0 Å². The van der Waals surface area contributed by atoms with Gasteiger partial charge in [0.2, 0.25) is 5.91 Å². The molecule has 1 aromatic carbocycles. The molecular formula is C13H15NO. The van der Waals surface area contributed by atoms with E-state index in [1.807, 2.05) is 19.9 Å². The van der Waals surface area contributed by atoms with Crippen LogP contribution in [0, 0.1) is 12.8 Å². The van der Waals surface area contributed by atoms with Crippen LogP contribution in [-0.4, -0.2) is 5.91 Å². The largest absolute Gasteiger partial charge is 0.325 e. The summed E-state index contributed by atoms with van der Waals surface area (Å²) in [6.45, 7) is 7.79. The van der Waals surface area contributed by atoms with Crippen molar-refractivity contribution >= 4 is 11.6 Å². The van der Waals surface area contributed by atoms with E-state index in [0.717, 1.165) is 17.7 Å². The Hall–Kier alpha value is -1.57. The van der Waals surface area contributed by atoms with Gasteiger partial charge in [-0.3, -0.25) is 4.79 Å². The topological polar surface area (TPSA) is 29.1 Å². The second-order valence-corrected chi connectivity index (χ2v) is 4.25. The summed E-state index contributed by atoms with van der Waals surface area (Å²) in [7, 11) is 0. The molecule has 2 heteroatoms. The van der Waals surface area contributed by atoms with Gasteiger partial charge in [-0.15, -0.1) is 0 Å². The number of fused-ring (bicyclic) bond motifs is 1. The number of carbonyl (C=O) groups excluding carboxylic acids is 1. The molecule has 1 aliphatic rings. The first kappa shape index (κ1) is 9.97. The fraction of sp³-hybridized carbons (Fsp3) is 0.308. The molecule has 1 amide bonds. The molecule has 0 aromatic heterocycles. The molecule has 1 N–H and O–H groups in total. The van der Waals surface area contributed by atoms with Crippen LogP contribution in [0.2, 0.25) is 0 Å². The third-order valence-electron chi connectivity index (χ3n) is 2.86. The maximum absolute atomic E-state index is 11.7. The standard InChI is InChI=1S/C13H15NO/c1-8(2)11-7-10-5-4-9(3)6-12(10)14-13(11)15/h4-6,11H,1,7H2,2-3H3,(H,14,15). The lowest BCUT2D eigenvalue weighted by atomic mass is 9.88. The summed E-state index contributed by atoms with van der Waals surface area (Å²) in [5, 5.41) is 2.93. The van der Waals surface area contributed by atoms with E-state index in [0.29, 0.717) is 0 Å². The first-order valence-electron chi connectivity index (χ1n) is 5.13. The van der Waals surface area contributed by atoms with Crippen LogP contribution >= 0.6 is 0 Å². The molecule has 78 valence electrons. The van der Waals surface area contributed by atoms with Crippen molar-refractivity contribution in [1.82, 2.24) is 0 Å². The monoisotopic (exact) mass is 201 g/mol. The molecule has 0 aliphatic carbocycles. The molecule has 0 spiro atoms. The van der Waals surface area contributed by atoms with Crippen molar-refractivity contribution in [2.24, 2.45) is 5.92 Å². The highest BCUT2D eigenvalue weighted by Gasteiger charge is 2.26. The minimum absolute atomic E-state index is 0.0693. The smallest absolute Gasteiger partial charge is 0.231 e. The Balaban J connectivity index is 2.38. The summed E-state index contributed by atoms with van der Waals surface area (Å²) >= 11 is 0. The molecule has 0 saturated carbocycles. The molecule has 0 bridgehead atoms. The summed E-state index contributed by atoms with van der Waals surface area (Å²) in [5.74, 6) is 0.000746. The van der Waals surface area contributed by atoms with E-state index >= 15 is 0 Å². The van der Waals surface area contributed by atoms with Gasteiger partial charge in [0.1, 0.15) is 0 Å². The molecule has 0 radical (unpaired) electrons. The Kier molecular flexibility index (Phi) is 2.35. The van der Waals surface area contributed by atoms with Gasteiger partial charge in [0.15, 0.2) is 0 Å². The fourth-order valence-corrected chi connectivity index (χ4v) is 1.92. The van der Waals surface area contributed by atoms with Crippen LogP contribution < -0.4 is 5.32 Å². The van der Waals surface area contributed by atoms with Gasteiger partial charge in [-0.1, -0.05) is 24.3 Å². The molecule has 0 saturated heterocycles. The van der Waals surface area contributed by atoms with Crippen molar-refractivity contribution in [3.63, 3.8) is 0 Å². The summed E-state index contributed by atoms with van der Waals surface area (Å²) in [6, 6.07) is 6.17. The maximum atomic E-state index is 11.7. The number of nitrogens with one attached hydrogen (secondary N) is 1. The van der Waals surface area contributed by atoms with Crippen LogP contribution in [0.25, 0.3) is 0 Å². The third-order valence-corrected chi connectivity index (χ3v) is 2.86. The van der Waals surface area contributed by atoms with Crippen molar-refractivity contribution in [1.29, 1.82) is 0 Å². The second kappa shape index (κ2) is 3.54. The molecule has 15 heavy (non-hydrogen) atoms. The molecule has 1 atom stereocenters. The van der Waals surface area contributed by atoms with Crippen LogP contribution in [0.5, 0.6) is 0 Å². The van der Waals surface area contributed by atoms with E-state index in [-0.39, 0.29) is 11.8 Å². The molecule has 1 aromatic rings. The average Bonchev–Trinajstić information content (AvgIpc) is 2.15. The Morgan fingerprint density at radius 2 is 2.27 bits per heavy atom. The van der Waals surface area contributed by atoms with Crippen LogP contribution in [0.1, 0.15) is 18.1 Å². The van der Waals surface area contributed by atoms with Crippen LogP contribution in [0.3, 0.4) is 0 Å². The zero-order valence-electron chi connectivity index (χ0n) is 9.13. The third kappa shape index (κ3) is 1.80. The zero-order valence-corrected chi connectivity index (χ0v) is 9.13. The first-order chi connectivity index (χ1) is 7.08. The van der Waals surface area contributed by atoms with E-state index in [9.17, 15) is 4.79 Å². The molecule has 2 rings (SSSR count). The van der Waals surface area contributed by atoms with Crippen molar-refractivity contribution in [2.45, 2.75) is 20.3 Å². The van der Waals surface area contributed by atoms with Crippen LogP contribution in [0.4, 0.5) is 5.69 Å². The Bertz CT molecular complexity index is 434. The van der Waals surface area contributed by atoms with Crippen molar-refractivity contribution < 1.29 is 4.79 Å². The Labute approximate surface area is 90.0 Å². The molecular weight excluding hydrogens is 186 g/mol. The lowest BCUT2D eigenvalue weighted by molar-refractivity contribution is -0.119. The molecule has 2 nitrogen and oxygen atoms in total. The van der Waals surface area contributed by atoms with E-state index in [1.54, 1.807) is 0 Å². The number of amides is 1. The van der Waals surface area contributed by atoms with Crippen LogP contribution in [-0.2, 0) is 11.2 Å². The van der Waals surface area contributed by atoms with Crippen molar-refractivity contribution in [3.05, 3.63) is 41.5 Å². The summed E-state index contributed by atoms with van der Waals surface area (Å²) in [6.07, 6.45) is 0.775. The van der Waals surface area contributed by atoms with Gasteiger partial charge < -0.3 is 5.32 Å². The summed E-state index contributed by atoms with van der Waals surface area (Å²) in [4.78, 5) is 11.7. The van der Waals surface area contributed by atoms with Crippen LogP contribution in [0.15, 0.2) is 30.4 Å². The van der Waals surface area contributed by atoms with Gasteiger partial charge in [-0.2, -0.15) is 0 Å². The number of rotatable bonds is 1. The number of carbonyl (C=O) groups is 1. The average molecular weight is 201 g/mol. The van der Waals surface area contributed by atoms with Crippen molar-refractivity contribution in [3.8, 4) is 0 Å². The normalized spacial score (nSPS) is 19.3. The maximum Gasteiger partial charge on any atom is 0.231 e. The fourth-order valence-electron chi connectivity index (χ4n) is 1.92. The van der Waals surface area contributed by atoms with E-state index < -0.39 is 0 Å². The highest BCUT2D eigenvalue weighted by Crippen LogP contribution is 2.29. The number of hydrogen-bond acceptors (Lipinski definition) is 1. The Morgan fingerprint density at radius 3 is 2.93 bits per heavy atom. The summed E-state index contributed by atoms with van der Waals surface area (Å²) in [5.41, 5.74) is 4.26. The summed E-state index contributed by atoms with van der Waals surface area (Å²) < 4.78 is 0. The number of hydrogen-bond donors (Lipinski definition) is 1. The zero-order chi connectivity index (χ0) is 11.0. The van der Waals surface area contributed by atoms with Gasteiger partial charge in [0.25, 0.3) is 0 Å². The SMILES string of the molecule is C=C(C)C1Cc2ccc(C)cc2NC1=O. The van der Waals surface area contributed by atoms with Gasteiger partial charge in [0, 0.05) is 5.69 Å². The molecule has 1 aliphatic heterocycles. The highest BCUT2D eigenvalue weighted by atomic mass is 16.1. The highest BCUT2D eigenvalue weighted by molar-refractivity contribution is 5.97. The van der Waals surface area contributed by atoms with E-state index in [2.05, 4.69) is 24.0 Å². The number of benzene rings is 1. The first-order valence-corrected chi connectivity index (χ1v) is 5.13. The van der Waals surface area contributed by atoms with E-state index in [4.69, 9.17) is 0 Å².